The van der Waals surface area contributed by atoms with Crippen LogP contribution in [-0.4, -0.2) is 16.2 Å². The number of nitrogens with zero attached hydrogens (tertiary/aromatic N) is 1. The van der Waals surface area contributed by atoms with E-state index in [9.17, 15) is 9.90 Å². The number of hydrogen-bond acceptors (Lipinski definition) is 4. The number of hydrogen-bond donors (Lipinski definition) is 1. The van der Waals surface area contributed by atoms with Crippen molar-refractivity contribution in [2.24, 2.45) is 0 Å². The molecular weight excluding hydrogens is 172 g/mol. The molecule has 0 bridgehead atoms. The van der Waals surface area contributed by atoms with Gasteiger partial charge in [-0.15, -0.1) is 0 Å². The van der Waals surface area contributed by atoms with Gasteiger partial charge in [-0.25, -0.2) is 0 Å². The summed E-state index contributed by atoms with van der Waals surface area (Å²) in [5.41, 5.74) is 0.385. The fraction of sp³-hybridized carbons (Fsp3) is 0. The second kappa shape index (κ2) is 2.78. The Balaban J connectivity index is 2.39. The number of carboxylic acid groups (broad SMARTS) is 1. The quantitative estimate of drug-likeness (QED) is 0.701. The van der Waals surface area contributed by atoms with Crippen LogP contribution in [0.15, 0.2) is 28.9 Å². The molecule has 0 spiro atoms. The molecule has 5 heteroatoms. The highest BCUT2D eigenvalue weighted by Gasteiger charge is 2.05. The summed E-state index contributed by atoms with van der Waals surface area (Å²) in [6.45, 7) is 0. The number of carboxylic acids is 1. The zero-order valence-corrected chi connectivity index (χ0v) is 6.48. The molecule has 5 nitrogen and oxygen atoms in total. The number of nitrogens with one attached hydrogen (secondary N) is 1. The molecular formula is C8H5N2O3-. The summed E-state index contributed by atoms with van der Waals surface area (Å²) < 4.78 is 5.03. The number of H-pyrrole nitrogens is 1. The van der Waals surface area contributed by atoms with Gasteiger partial charge in [-0.1, -0.05) is 0 Å². The van der Waals surface area contributed by atoms with Crippen LogP contribution in [0, 0.1) is 0 Å². The Labute approximate surface area is 73.0 Å². The van der Waals surface area contributed by atoms with E-state index in [4.69, 9.17) is 4.42 Å². The molecule has 2 aromatic rings. The third-order valence-electron chi connectivity index (χ3n) is 1.57. The molecule has 0 aromatic carbocycles. The highest BCUT2D eigenvalue weighted by molar-refractivity contribution is 5.84. The topological polar surface area (TPSA) is 82.0 Å². The van der Waals surface area contributed by atoms with Crippen LogP contribution in [0.2, 0.25) is 0 Å². The van der Waals surface area contributed by atoms with Crippen LogP contribution in [0.4, 0.5) is 0 Å². The highest BCUT2D eigenvalue weighted by Crippen LogP contribution is 2.17. The first kappa shape index (κ1) is 7.60. The molecule has 0 aliphatic carbocycles. The standard InChI is InChI=1S/C8H6N2O3/c11-8(12)6-4-5(9-10-6)7-2-1-3-13-7/h1-4H,(H,9,10)(H,11,12)/p-1. The number of aromatic carboxylic acids is 1. The van der Waals surface area contributed by atoms with Gasteiger partial charge in [0.25, 0.3) is 0 Å². The summed E-state index contributed by atoms with van der Waals surface area (Å²) in [6, 6.07) is 4.76. The number of carbonyl (C=O) groups excluding carboxylic acids is 1. The van der Waals surface area contributed by atoms with Gasteiger partial charge in [-0.3, -0.25) is 5.10 Å². The van der Waals surface area contributed by atoms with Gasteiger partial charge in [0.2, 0.25) is 0 Å². The van der Waals surface area contributed by atoms with Crippen LogP contribution in [0.3, 0.4) is 0 Å². The predicted octanol–water partition coefficient (Wildman–Crippen LogP) is 0.0332. The lowest BCUT2D eigenvalue weighted by Crippen LogP contribution is -2.22. The molecule has 0 saturated carbocycles. The first-order valence-corrected chi connectivity index (χ1v) is 3.58. The first-order valence-electron chi connectivity index (χ1n) is 3.58. The van der Waals surface area contributed by atoms with Crippen LogP contribution >= 0.6 is 0 Å². The van der Waals surface area contributed by atoms with Gasteiger partial charge in [0.1, 0.15) is 11.4 Å². The van der Waals surface area contributed by atoms with Crippen molar-refractivity contribution in [3.05, 3.63) is 30.2 Å². The second-order valence-corrected chi connectivity index (χ2v) is 2.43. The van der Waals surface area contributed by atoms with Gasteiger partial charge in [0.05, 0.1) is 12.2 Å². The van der Waals surface area contributed by atoms with Crippen molar-refractivity contribution in [2.45, 2.75) is 0 Å². The van der Waals surface area contributed by atoms with E-state index in [1.165, 1.54) is 12.3 Å². The number of rotatable bonds is 2. The molecule has 2 rings (SSSR count). The molecule has 0 fully saturated rings. The predicted molar refractivity (Wildman–Crippen MR) is 40.6 cm³/mol. The third-order valence-corrected chi connectivity index (χ3v) is 1.57. The van der Waals surface area contributed by atoms with Crippen molar-refractivity contribution in [3.8, 4) is 11.5 Å². The van der Waals surface area contributed by atoms with Crippen molar-refractivity contribution in [1.29, 1.82) is 0 Å². The van der Waals surface area contributed by atoms with E-state index in [0.29, 0.717) is 11.5 Å². The lowest BCUT2D eigenvalue weighted by molar-refractivity contribution is -0.255. The molecule has 13 heavy (non-hydrogen) atoms. The van der Waals surface area contributed by atoms with Gasteiger partial charge in [0.15, 0.2) is 5.76 Å². The number of aromatic amines is 1. The lowest BCUT2D eigenvalue weighted by atomic mass is 10.3. The van der Waals surface area contributed by atoms with Crippen LogP contribution in [0.25, 0.3) is 11.5 Å². The number of furan rings is 1. The highest BCUT2D eigenvalue weighted by atomic mass is 16.4. The molecule has 0 amide bonds. The first-order chi connectivity index (χ1) is 6.27. The maximum absolute atomic E-state index is 10.4. The van der Waals surface area contributed by atoms with E-state index in [-0.39, 0.29) is 5.69 Å². The molecule has 0 saturated heterocycles. The second-order valence-electron chi connectivity index (χ2n) is 2.43. The fourth-order valence-corrected chi connectivity index (χ4v) is 0.984. The number of aromatic nitrogens is 2. The molecule has 1 N–H and O–H groups in total. The SMILES string of the molecule is O=C([O-])c1cc(-c2ccco2)[nH]n1. The lowest BCUT2D eigenvalue weighted by Gasteiger charge is -1.91. The third kappa shape index (κ3) is 1.31. The number of carbonyl (C=O) groups is 1. The summed E-state index contributed by atoms with van der Waals surface area (Å²) in [5.74, 6) is -0.769. The van der Waals surface area contributed by atoms with E-state index in [2.05, 4.69) is 10.2 Å². The molecule has 0 aliphatic rings. The maximum Gasteiger partial charge on any atom is 0.151 e. The minimum atomic E-state index is -1.31. The van der Waals surface area contributed by atoms with Gasteiger partial charge < -0.3 is 14.3 Å². The van der Waals surface area contributed by atoms with Gasteiger partial charge in [-0.05, 0) is 18.2 Å². The normalized spacial score (nSPS) is 10.2. The van der Waals surface area contributed by atoms with E-state index in [0.717, 1.165) is 0 Å². The monoisotopic (exact) mass is 177 g/mol. The van der Waals surface area contributed by atoms with Crippen LogP contribution in [-0.2, 0) is 0 Å². The summed E-state index contributed by atoms with van der Waals surface area (Å²) in [5, 5.41) is 16.4. The summed E-state index contributed by atoms with van der Waals surface area (Å²) in [7, 11) is 0. The Hall–Kier alpha value is -2.04. The van der Waals surface area contributed by atoms with Crippen LogP contribution in [0.1, 0.15) is 10.5 Å². The molecule has 2 aromatic heterocycles. The Kier molecular flexibility index (Phi) is 1.63. The van der Waals surface area contributed by atoms with Gasteiger partial charge in [-0.2, -0.15) is 5.10 Å². The molecule has 2 heterocycles. The van der Waals surface area contributed by atoms with Crippen molar-refractivity contribution in [1.82, 2.24) is 10.2 Å². The minimum absolute atomic E-state index is 0.133. The molecule has 0 aliphatic heterocycles. The Morgan fingerprint density at radius 3 is 3.00 bits per heavy atom. The Morgan fingerprint density at radius 2 is 2.46 bits per heavy atom. The van der Waals surface area contributed by atoms with Crippen molar-refractivity contribution >= 4 is 5.97 Å². The van der Waals surface area contributed by atoms with Crippen molar-refractivity contribution < 1.29 is 14.3 Å². The zero-order valence-electron chi connectivity index (χ0n) is 6.48. The average molecular weight is 177 g/mol. The largest absolute Gasteiger partial charge is 0.543 e. The fourth-order valence-electron chi connectivity index (χ4n) is 0.984. The maximum atomic E-state index is 10.4. The van der Waals surface area contributed by atoms with Crippen LogP contribution in [0.5, 0.6) is 0 Å². The van der Waals surface area contributed by atoms with E-state index in [1.807, 2.05) is 0 Å². The van der Waals surface area contributed by atoms with E-state index in [1.54, 1.807) is 12.1 Å². The molecule has 0 unspecified atom stereocenters. The van der Waals surface area contributed by atoms with E-state index >= 15 is 0 Å². The zero-order chi connectivity index (χ0) is 9.26. The minimum Gasteiger partial charge on any atom is -0.543 e. The summed E-state index contributed by atoms with van der Waals surface area (Å²) in [6.07, 6.45) is 1.49. The Morgan fingerprint density at radius 1 is 1.62 bits per heavy atom. The molecule has 0 atom stereocenters. The summed E-state index contributed by atoms with van der Waals surface area (Å²) >= 11 is 0. The van der Waals surface area contributed by atoms with Gasteiger partial charge in [0, 0.05) is 0 Å². The Bertz CT molecular complexity index is 416. The van der Waals surface area contributed by atoms with Crippen molar-refractivity contribution in [2.75, 3.05) is 0 Å². The smallest absolute Gasteiger partial charge is 0.151 e. The molecule has 66 valence electrons. The van der Waals surface area contributed by atoms with Crippen LogP contribution < -0.4 is 5.11 Å². The summed E-state index contributed by atoms with van der Waals surface area (Å²) in [4.78, 5) is 10.4. The van der Waals surface area contributed by atoms with Crippen molar-refractivity contribution in [3.63, 3.8) is 0 Å². The van der Waals surface area contributed by atoms with Gasteiger partial charge >= 0.3 is 0 Å². The average Bonchev–Trinajstić information content (AvgIpc) is 2.75. The van der Waals surface area contributed by atoms with E-state index < -0.39 is 5.97 Å². The molecule has 0 radical (unpaired) electrons.